The Balaban J connectivity index is 1.88. The number of hydrogen-bond acceptors (Lipinski definition) is 4. The Morgan fingerprint density at radius 3 is 2.08 bits per heavy atom. The van der Waals surface area contributed by atoms with E-state index in [1.807, 2.05) is 12.1 Å². The van der Waals surface area contributed by atoms with Gasteiger partial charge in [0.15, 0.2) is 0 Å². The Morgan fingerprint density at radius 2 is 1.58 bits per heavy atom. The summed E-state index contributed by atoms with van der Waals surface area (Å²) in [5.41, 5.74) is -0.980. The largest absolute Gasteiger partial charge is 0.458 e. The summed E-state index contributed by atoms with van der Waals surface area (Å²) < 4.78 is 5.66. The summed E-state index contributed by atoms with van der Waals surface area (Å²) >= 11 is 0. The standard InChI is InChI=1S/C21H23NO4/c1-16(23)22-14-8-13-19(15-22)26-20(24)21(25,17-9-4-2-5-10-17)18-11-6-3-7-12-18/h2-7,9-12,19,25H,8,13-15H2,1H3. The second kappa shape index (κ2) is 7.70. The molecular formula is C21H23NO4. The highest BCUT2D eigenvalue weighted by atomic mass is 16.6. The van der Waals surface area contributed by atoms with Gasteiger partial charge in [-0.15, -0.1) is 0 Å². The van der Waals surface area contributed by atoms with E-state index in [2.05, 4.69) is 0 Å². The minimum atomic E-state index is -1.89. The van der Waals surface area contributed by atoms with Crippen molar-refractivity contribution in [1.82, 2.24) is 4.90 Å². The monoisotopic (exact) mass is 353 g/mol. The number of nitrogens with zero attached hydrogens (tertiary/aromatic N) is 1. The lowest BCUT2D eigenvalue weighted by Gasteiger charge is -2.34. The summed E-state index contributed by atoms with van der Waals surface area (Å²) in [6.45, 7) is 2.54. The van der Waals surface area contributed by atoms with Crippen LogP contribution < -0.4 is 0 Å². The molecule has 0 bridgehead atoms. The molecule has 0 saturated carbocycles. The van der Waals surface area contributed by atoms with Crippen LogP contribution in [0.4, 0.5) is 0 Å². The molecule has 1 amide bonds. The third kappa shape index (κ3) is 3.63. The molecule has 2 aromatic carbocycles. The molecule has 1 saturated heterocycles. The number of amides is 1. The average molecular weight is 353 g/mol. The van der Waals surface area contributed by atoms with E-state index in [1.165, 1.54) is 6.92 Å². The van der Waals surface area contributed by atoms with Gasteiger partial charge in [-0.2, -0.15) is 0 Å². The molecule has 136 valence electrons. The molecule has 3 rings (SSSR count). The van der Waals surface area contributed by atoms with Crippen molar-refractivity contribution in [3.8, 4) is 0 Å². The van der Waals surface area contributed by atoms with Crippen LogP contribution in [0.15, 0.2) is 60.7 Å². The van der Waals surface area contributed by atoms with Gasteiger partial charge in [-0.1, -0.05) is 60.7 Å². The molecule has 5 heteroatoms. The minimum absolute atomic E-state index is 0.0351. The first-order chi connectivity index (χ1) is 12.5. The van der Waals surface area contributed by atoms with Crippen molar-refractivity contribution >= 4 is 11.9 Å². The van der Waals surface area contributed by atoms with Crippen molar-refractivity contribution in [3.63, 3.8) is 0 Å². The van der Waals surface area contributed by atoms with Crippen LogP contribution in [0, 0.1) is 0 Å². The second-order valence-corrected chi connectivity index (χ2v) is 6.58. The molecule has 0 spiro atoms. The Kier molecular flexibility index (Phi) is 5.38. The molecule has 0 aliphatic carbocycles. The lowest BCUT2D eigenvalue weighted by Crippen LogP contribution is -2.46. The van der Waals surface area contributed by atoms with Gasteiger partial charge in [0.05, 0.1) is 6.54 Å². The number of esters is 1. The van der Waals surface area contributed by atoms with Gasteiger partial charge < -0.3 is 14.7 Å². The van der Waals surface area contributed by atoms with Crippen molar-refractivity contribution in [2.45, 2.75) is 31.5 Å². The van der Waals surface area contributed by atoms with Crippen molar-refractivity contribution in [1.29, 1.82) is 0 Å². The molecule has 26 heavy (non-hydrogen) atoms. The van der Waals surface area contributed by atoms with E-state index >= 15 is 0 Å². The van der Waals surface area contributed by atoms with Crippen molar-refractivity contribution in [3.05, 3.63) is 71.8 Å². The summed E-state index contributed by atoms with van der Waals surface area (Å²) in [5, 5.41) is 11.4. The Morgan fingerprint density at radius 1 is 1.04 bits per heavy atom. The van der Waals surface area contributed by atoms with Crippen LogP contribution in [0.3, 0.4) is 0 Å². The Hall–Kier alpha value is -2.66. The van der Waals surface area contributed by atoms with Crippen LogP contribution in [-0.2, 0) is 19.9 Å². The molecule has 0 radical (unpaired) electrons. The van der Waals surface area contributed by atoms with Gasteiger partial charge in [0.25, 0.3) is 0 Å². The molecule has 1 N–H and O–H groups in total. The highest BCUT2D eigenvalue weighted by molar-refractivity contribution is 5.85. The van der Waals surface area contributed by atoms with Gasteiger partial charge in [-0.25, -0.2) is 4.79 Å². The summed E-state index contributed by atoms with van der Waals surface area (Å²) in [5.74, 6) is -0.752. The Bertz CT molecular complexity index is 721. The molecule has 1 unspecified atom stereocenters. The van der Waals surface area contributed by atoms with Gasteiger partial charge in [0.1, 0.15) is 6.10 Å². The molecule has 1 heterocycles. The van der Waals surface area contributed by atoms with Gasteiger partial charge in [0, 0.05) is 13.5 Å². The average Bonchev–Trinajstić information content (AvgIpc) is 2.68. The van der Waals surface area contributed by atoms with E-state index in [0.717, 1.165) is 6.42 Å². The first-order valence-electron chi connectivity index (χ1n) is 8.82. The SMILES string of the molecule is CC(=O)N1CCCC(OC(=O)C(O)(c2ccccc2)c2ccccc2)C1. The van der Waals surface area contributed by atoms with Gasteiger partial charge >= 0.3 is 5.97 Å². The van der Waals surface area contributed by atoms with E-state index in [0.29, 0.717) is 30.6 Å². The smallest absolute Gasteiger partial charge is 0.348 e. The maximum absolute atomic E-state index is 13.0. The highest BCUT2D eigenvalue weighted by Crippen LogP contribution is 2.32. The number of carbonyl (C=O) groups excluding carboxylic acids is 2. The molecule has 1 aliphatic rings. The molecule has 1 aliphatic heterocycles. The second-order valence-electron chi connectivity index (χ2n) is 6.58. The molecule has 5 nitrogen and oxygen atoms in total. The van der Waals surface area contributed by atoms with Gasteiger partial charge in [-0.3, -0.25) is 4.79 Å². The van der Waals surface area contributed by atoms with Crippen LogP contribution in [0.1, 0.15) is 30.9 Å². The maximum atomic E-state index is 13.0. The number of aliphatic hydroxyl groups is 1. The van der Waals surface area contributed by atoms with Gasteiger partial charge in [-0.05, 0) is 24.0 Å². The van der Waals surface area contributed by atoms with Crippen LogP contribution in [0.5, 0.6) is 0 Å². The molecule has 0 aromatic heterocycles. The van der Waals surface area contributed by atoms with E-state index < -0.39 is 17.7 Å². The van der Waals surface area contributed by atoms with Crippen LogP contribution in [0.2, 0.25) is 0 Å². The summed E-state index contributed by atoms with van der Waals surface area (Å²) in [4.78, 5) is 26.3. The number of piperidine rings is 1. The van der Waals surface area contributed by atoms with E-state index in [1.54, 1.807) is 53.4 Å². The lowest BCUT2D eigenvalue weighted by molar-refractivity contribution is -0.171. The van der Waals surface area contributed by atoms with Gasteiger partial charge in [0.2, 0.25) is 11.5 Å². The van der Waals surface area contributed by atoms with E-state index in [9.17, 15) is 14.7 Å². The third-order valence-electron chi connectivity index (χ3n) is 4.78. The predicted octanol–water partition coefficient (Wildman–Crippen LogP) is 2.48. The number of rotatable bonds is 4. The first kappa shape index (κ1) is 18.1. The predicted molar refractivity (Wildman–Crippen MR) is 97.3 cm³/mol. The molecule has 1 fully saturated rings. The number of ether oxygens (including phenoxy) is 1. The fourth-order valence-electron chi connectivity index (χ4n) is 3.32. The maximum Gasteiger partial charge on any atom is 0.348 e. The fourth-order valence-corrected chi connectivity index (χ4v) is 3.32. The zero-order valence-electron chi connectivity index (χ0n) is 14.8. The quantitative estimate of drug-likeness (QED) is 0.858. The highest BCUT2D eigenvalue weighted by Gasteiger charge is 2.43. The summed E-state index contributed by atoms with van der Waals surface area (Å²) in [6.07, 6.45) is 1.03. The first-order valence-corrected chi connectivity index (χ1v) is 8.82. The summed E-state index contributed by atoms with van der Waals surface area (Å²) in [7, 11) is 0. The van der Waals surface area contributed by atoms with E-state index in [-0.39, 0.29) is 5.91 Å². The lowest BCUT2D eigenvalue weighted by atomic mass is 9.86. The number of likely N-dealkylation sites (tertiary alicyclic amines) is 1. The number of benzene rings is 2. The zero-order valence-corrected chi connectivity index (χ0v) is 14.8. The molecule has 2 aromatic rings. The van der Waals surface area contributed by atoms with Crippen molar-refractivity contribution < 1.29 is 19.4 Å². The third-order valence-corrected chi connectivity index (χ3v) is 4.78. The zero-order chi connectivity index (χ0) is 18.6. The van der Waals surface area contributed by atoms with Crippen LogP contribution >= 0.6 is 0 Å². The van der Waals surface area contributed by atoms with Crippen LogP contribution in [0.25, 0.3) is 0 Å². The summed E-state index contributed by atoms with van der Waals surface area (Å²) in [6, 6.07) is 17.6. The number of hydrogen-bond donors (Lipinski definition) is 1. The topological polar surface area (TPSA) is 66.8 Å². The number of carbonyl (C=O) groups is 2. The normalized spacial score (nSPS) is 17.6. The fraction of sp³-hybridized carbons (Fsp3) is 0.333. The molecular weight excluding hydrogens is 330 g/mol. The van der Waals surface area contributed by atoms with Crippen molar-refractivity contribution in [2.24, 2.45) is 0 Å². The minimum Gasteiger partial charge on any atom is -0.458 e. The van der Waals surface area contributed by atoms with Crippen LogP contribution in [-0.4, -0.2) is 41.1 Å². The van der Waals surface area contributed by atoms with E-state index in [4.69, 9.17) is 4.74 Å². The van der Waals surface area contributed by atoms with Crippen molar-refractivity contribution in [2.75, 3.05) is 13.1 Å². The molecule has 1 atom stereocenters. The Labute approximate surface area is 153 Å².